The zero-order chi connectivity index (χ0) is 19.1. The highest BCUT2D eigenvalue weighted by molar-refractivity contribution is 5.96. The van der Waals surface area contributed by atoms with E-state index in [1.165, 1.54) is 0 Å². The van der Waals surface area contributed by atoms with Crippen LogP contribution in [0.15, 0.2) is 42.7 Å². The van der Waals surface area contributed by atoms with Crippen molar-refractivity contribution in [3.63, 3.8) is 0 Å². The molecule has 0 unspecified atom stereocenters. The van der Waals surface area contributed by atoms with Crippen molar-refractivity contribution in [1.29, 1.82) is 0 Å². The predicted octanol–water partition coefficient (Wildman–Crippen LogP) is 1.41. The van der Waals surface area contributed by atoms with Gasteiger partial charge in [0.05, 0.1) is 18.7 Å². The van der Waals surface area contributed by atoms with E-state index in [2.05, 4.69) is 20.2 Å². The zero-order valence-corrected chi connectivity index (χ0v) is 15.3. The summed E-state index contributed by atoms with van der Waals surface area (Å²) in [5.74, 6) is 0.276. The first kappa shape index (κ1) is 18.6. The highest BCUT2D eigenvalue weighted by atomic mass is 16.5. The Kier molecular flexibility index (Phi) is 6.19. The number of para-hydroxylation sites is 1. The summed E-state index contributed by atoms with van der Waals surface area (Å²) < 4.78 is 5.05. The number of esters is 1. The van der Waals surface area contributed by atoms with E-state index in [1.54, 1.807) is 48.5 Å². The molecule has 1 N–H and O–H groups in total. The molecule has 0 bridgehead atoms. The van der Waals surface area contributed by atoms with Gasteiger partial charge in [-0.2, -0.15) is 0 Å². The third kappa shape index (κ3) is 4.72. The van der Waals surface area contributed by atoms with Gasteiger partial charge in [-0.1, -0.05) is 12.1 Å². The molecule has 8 heteroatoms. The third-order valence-corrected chi connectivity index (χ3v) is 4.32. The van der Waals surface area contributed by atoms with E-state index in [0.717, 1.165) is 0 Å². The number of carbonyl (C=O) groups excluding carboxylic acids is 2. The zero-order valence-electron chi connectivity index (χ0n) is 15.3. The molecular formula is C19H23N5O3. The van der Waals surface area contributed by atoms with E-state index in [9.17, 15) is 9.59 Å². The molecule has 1 saturated heterocycles. The Bertz CT molecular complexity index is 776. The number of hydrogen-bond acceptors (Lipinski definition) is 7. The van der Waals surface area contributed by atoms with Gasteiger partial charge in [-0.3, -0.25) is 4.79 Å². The van der Waals surface area contributed by atoms with Crippen LogP contribution >= 0.6 is 0 Å². The average Bonchev–Trinajstić information content (AvgIpc) is 2.73. The van der Waals surface area contributed by atoms with Gasteiger partial charge in [0.25, 0.3) is 0 Å². The van der Waals surface area contributed by atoms with Crippen molar-refractivity contribution in [3.05, 3.63) is 48.3 Å². The van der Waals surface area contributed by atoms with Gasteiger partial charge < -0.3 is 19.9 Å². The number of rotatable bonds is 6. The molecule has 2 aromatic rings. The third-order valence-electron chi connectivity index (χ3n) is 4.32. The number of ether oxygens (including phenoxy) is 1. The molecule has 1 aromatic heterocycles. The van der Waals surface area contributed by atoms with E-state index in [-0.39, 0.29) is 12.5 Å². The van der Waals surface area contributed by atoms with Gasteiger partial charge in [0.1, 0.15) is 0 Å². The molecule has 142 valence electrons. The van der Waals surface area contributed by atoms with Crippen molar-refractivity contribution in [1.82, 2.24) is 14.9 Å². The van der Waals surface area contributed by atoms with Gasteiger partial charge in [-0.15, -0.1) is 0 Å². The minimum Gasteiger partial charge on any atom is -0.462 e. The molecule has 8 nitrogen and oxygen atoms in total. The molecule has 1 fully saturated rings. The molecule has 2 heterocycles. The molecular weight excluding hydrogens is 346 g/mol. The number of anilines is 2. The lowest BCUT2D eigenvalue weighted by molar-refractivity contribution is -0.129. The molecule has 1 amide bonds. The molecule has 0 spiro atoms. The van der Waals surface area contributed by atoms with E-state index in [4.69, 9.17) is 4.74 Å². The molecule has 3 rings (SSSR count). The van der Waals surface area contributed by atoms with Crippen LogP contribution in [0.1, 0.15) is 17.3 Å². The molecule has 1 aliphatic rings. The summed E-state index contributed by atoms with van der Waals surface area (Å²) in [6.07, 6.45) is 3.43. The van der Waals surface area contributed by atoms with Crippen LogP contribution in [0, 0.1) is 0 Å². The first-order chi connectivity index (χ1) is 13.2. The van der Waals surface area contributed by atoms with Crippen LogP contribution in [0.2, 0.25) is 0 Å². The SMILES string of the molecule is CCOC(=O)c1ccccc1NCC(=O)N1CCN(c2ncccn2)CC1. The first-order valence-electron chi connectivity index (χ1n) is 8.99. The molecule has 0 aliphatic carbocycles. The van der Waals surface area contributed by atoms with Crippen LogP contribution in [-0.4, -0.2) is 66.1 Å². The van der Waals surface area contributed by atoms with Crippen molar-refractivity contribution in [3.8, 4) is 0 Å². The van der Waals surface area contributed by atoms with Gasteiger partial charge in [0.15, 0.2) is 0 Å². The number of nitrogens with one attached hydrogen (secondary N) is 1. The Morgan fingerprint density at radius 3 is 2.48 bits per heavy atom. The summed E-state index contributed by atoms with van der Waals surface area (Å²) >= 11 is 0. The van der Waals surface area contributed by atoms with Crippen LogP contribution in [0.4, 0.5) is 11.6 Å². The average molecular weight is 369 g/mol. The number of hydrogen-bond donors (Lipinski definition) is 1. The van der Waals surface area contributed by atoms with Gasteiger partial charge in [-0.25, -0.2) is 14.8 Å². The summed E-state index contributed by atoms with van der Waals surface area (Å²) in [6.45, 7) is 4.79. The van der Waals surface area contributed by atoms with Crippen molar-refractivity contribution in [2.45, 2.75) is 6.92 Å². The number of piperazine rings is 1. The van der Waals surface area contributed by atoms with Gasteiger partial charge in [0.2, 0.25) is 11.9 Å². The molecule has 0 saturated carbocycles. The lowest BCUT2D eigenvalue weighted by atomic mass is 10.2. The van der Waals surface area contributed by atoms with E-state index >= 15 is 0 Å². The maximum atomic E-state index is 12.5. The lowest BCUT2D eigenvalue weighted by Crippen LogP contribution is -2.50. The Morgan fingerprint density at radius 1 is 1.07 bits per heavy atom. The number of nitrogens with zero attached hydrogens (tertiary/aromatic N) is 4. The second-order valence-electron chi connectivity index (χ2n) is 6.04. The Labute approximate surface area is 158 Å². The van der Waals surface area contributed by atoms with Crippen LogP contribution < -0.4 is 10.2 Å². The summed E-state index contributed by atoms with van der Waals surface area (Å²) in [5.41, 5.74) is 1.03. The summed E-state index contributed by atoms with van der Waals surface area (Å²) in [7, 11) is 0. The van der Waals surface area contributed by atoms with Crippen molar-refractivity contribution >= 4 is 23.5 Å². The van der Waals surface area contributed by atoms with Gasteiger partial charge in [-0.05, 0) is 25.1 Å². The summed E-state index contributed by atoms with van der Waals surface area (Å²) in [6, 6.07) is 8.81. The van der Waals surface area contributed by atoms with E-state index in [0.29, 0.717) is 50.0 Å². The highest BCUT2D eigenvalue weighted by Crippen LogP contribution is 2.16. The first-order valence-corrected chi connectivity index (χ1v) is 8.99. The molecule has 27 heavy (non-hydrogen) atoms. The topological polar surface area (TPSA) is 87.7 Å². The highest BCUT2D eigenvalue weighted by Gasteiger charge is 2.22. The standard InChI is InChI=1S/C19H23N5O3/c1-2-27-18(26)15-6-3-4-7-16(15)22-14-17(25)23-10-12-24(13-11-23)19-20-8-5-9-21-19/h3-9,22H,2,10-14H2,1H3. The lowest BCUT2D eigenvalue weighted by Gasteiger charge is -2.34. The van der Waals surface area contributed by atoms with E-state index in [1.807, 2.05) is 6.07 Å². The molecule has 1 aromatic carbocycles. The van der Waals surface area contributed by atoms with Crippen LogP contribution in [0.5, 0.6) is 0 Å². The van der Waals surface area contributed by atoms with Crippen molar-refractivity contribution in [2.75, 3.05) is 49.5 Å². The van der Waals surface area contributed by atoms with Crippen LogP contribution in [-0.2, 0) is 9.53 Å². The number of aromatic nitrogens is 2. The maximum Gasteiger partial charge on any atom is 0.340 e. The van der Waals surface area contributed by atoms with Crippen molar-refractivity contribution < 1.29 is 14.3 Å². The quantitative estimate of drug-likeness (QED) is 0.771. The number of amides is 1. The maximum absolute atomic E-state index is 12.5. The van der Waals surface area contributed by atoms with E-state index < -0.39 is 5.97 Å². The van der Waals surface area contributed by atoms with Crippen molar-refractivity contribution in [2.24, 2.45) is 0 Å². The van der Waals surface area contributed by atoms with Crippen LogP contribution in [0.25, 0.3) is 0 Å². The number of benzene rings is 1. The summed E-state index contributed by atoms with van der Waals surface area (Å²) in [4.78, 5) is 36.9. The fourth-order valence-corrected chi connectivity index (χ4v) is 2.92. The fourth-order valence-electron chi connectivity index (χ4n) is 2.92. The predicted molar refractivity (Wildman–Crippen MR) is 102 cm³/mol. The fraction of sp³-hybridized carbons (Fsp3) is 0.368. The monoisotopic (exact) mass is 369 g/mol. The largest absolute Gasteiger partial charge is 0.462 e. The molecule has 1 aliphatic heterocycles. The second kappa shape index (κ2) is 8.98. The normalized spacial score (nSPS) is 14.0. The van der Waals surface area contributed by atoms with Gasteiger partial charge >= 0.3 is 5.97 Å². The molecule has 0 radical (unpaired) electrons. The minimum absolute atomic E-state index is 0.0118. The Hall–Kier alpha value is -3.16. The molecule has 0 atom stereocenters. The van der Waals surface area contributed by atoms with Crippen LogP contribution in [0.3, 0.4) is 0 Å². The summed E-state index contributed by atoms with van der Waals surface area (Å²) in [5, 5.41) is 3.06. The van der Waals surface area contributed by atoms with Gasteiger partial charge in [0, 0.05) is 44.3 Å². The smallest absolute Gasteiger partial charge is 0.340 e. The minimum atomic E-state index is -0.399. The number of carbonyl (C=O) groups is 2. The Balaban J connectivity index is 1.53. The second-order valence-corrected chi connectivity index (χ2v) is 6.04. The Morgan fingerprint density at radius 2 is 1.78 bits per heavy atom.